The first-order valence-corrected chi connectivity index (χ1v) is 6.03. The molecule has 16 heavy (non-hydrogen) atoms. The van der Waals surface area contributed by atoms with Crippen LogP contribution in [0.5, 0.6) is 0 Å². The number of benzene rings is 1. The molecule has 0 aromatic heterocycles. The first kappa shape index (κ1) is 11.2. The van der Waals surface area contributed by atoms with Crippen LogP contribution in [0, 0.1) is 24.2 Å². The Morgan fingerprint density at radius 1 is 1.44 bits per heavy atom. The minimum Gasteiger partial charge on any atom is -0.197 e. The summed E-state index contributed by atoms with van der Waals surface area (Å²) in [6, 6.07) is 9.11. The molecule has 2 unspecified atom stereocenters. The highest BCUT2D eigenvalue weighted by Gasteiger charge is 2.53. The fourth-order valence-corrected chi connectivity index (χ4v) is 2.49. The maximum atomic E-state index is 9.38. The third-order valence-electron chi connectivity index (χ3n) is 3.92. The molecule has 1 heteroatoms. The topological polar surface area (TPSA) is 23.8 Å². The smallest absolute Gasteiger partial charge is 0.0854 e. The highest BCUT2D eigenvalue weighted by Crippen LogP contribution is 2.54. The summed E-state index contributed by atoms with van der Waals surface area (Å²) in [6.45, 7) is 8.68. The molecule has 84 valence electrons. The van der Waals surface area contributed by atoms with Gasteiger partial charge in [-0.15, -0.1) is 0 Å². The molecule has 0 saturated heterocycles. The van der Waals surface area contributed by atoms with Crippen LogP contribution in [0.15, 0.2) is 18.2 Å². The van der Waals surface area contributed by atoms with Crippen molar-refractivity contribution in [1.29, 1.82) is 5.26 Å². The molecule has 1 aliphatic carbocycles. The Balaban J connectivity index is 2.49. The lowest BCUT2D eigenvalue weighted by molar-refractivity contribution is 0.776. The van der Waals surface area contributed by atoms with Gasteiger partial charge in [0.05, 0.1) is 11.5 Å². The van der Waals surface area contributed by atoms with Crippen LogP contribution < -0.4 is 0 Å². The molecule has 0 radical (unpaired) electrons. The molecular weight excluding hydrogens is 194 g/mol. The molecule has 0 bridgehead atoms. The predicted octanol–water partition coefficient (Wildman–Crippen LogP) is 3.92. The summed E-state index contributed by atoms with van der Waals surface area (Å²) in [7, 11) is 0. The van der Waals surface area contributed by atoms with Gasteiger partial charge in [0.2, 0.25) is 0 Å². The molecule has 0 spiro atoms. The van der Waals surface area contributed by atoms with E-state index in [0.717, 1.165) is 6.42 Å². The van der Waals surface area contributed by atoms with E-state index in [1.54, 1.807) is 0 Å². The van der Waals surface area contributed by atoms with Crippen LogP contribution >= 0.6 is 0 Å². The zero-order chi connectivity index (χ0) is 11.9. The van der Waals surface area contributed by atoms with E-state index in [9.17, 15) is 5.26 Å². The molecule has 1 nitrogen and oxygen atoms in total. The van der Waals surface area contributed by atoms with E-state index in [4.69, 9.17) is 0 Å². The zero-order valence-electron chi connectivity index (χ0n) is 10.5. The van der Waals surface area contributed by atoms with Crippen molar-refractivity contribution in [2.75, 3.05) is 0 Å². The van der Waals surface area contributed by atoms with Crippen molar-refractivity contribution in [3.8, 4) is 6.07 Å². The van der Waals surface area contributed by atoms with Gasteiger partial charge in [-0.05, 0) is 41.9 Å². The first-order chi connectivity index (χ1) is 7.51. The Morgan fingerprint density at radius 3 is 2.50 bits per heavy atom. The van der Waals surface area contributed by atoms with Crippen molar-refractivity contribution in [3.63, 3.8) is 0 Å². The number of nitrogens with zero attached hydrogens (tertiary/aromatic N) is 1. The summed E-state index contributed by atoms with van der Waals surface area (Å²) in [6.07, 6.45) is 1.02. The second kappa shape index (κ2) is 3.63. The van der Waals surface area contributed by atoms with Gasteiger partial charge >= 0.3 is 0 Å². The van der Waals surface area contributed by atoms with Gasteiger partial charge in [-0.1, -0.05) is 39.0 Å². The molecule has 2 rings (SSSR count). The summed E-state index contributed by atoms with van der Waals surface area (Å²) in [5.41, 5.74) is 3.67. The van der Waals surface area contributed by atoms with Crippen LogP contribution in [0.25, 0.3) is 0 Å². The second-order valence-electron chi connectivity index (χ2n) is 5.42. The maximum absolute atomic E-state index is 9.38. The molecule has 0 heterocycles. The lowest BCUT2D eigenvalue weighted by Gasteiger charge is -2.15. The van der Waals surface area contributed by atoms with Gasteiger partial charge in [-0.3, -0.25) is 0 Å². The fraction of sp³-hybridized carbons (Fsp3) is 0.533. The van der Waals surface area contributed by atoms with Gasteiger partial charge in [-0.2, -0.15) is 5.26 Å². The van der Waals surface area contributed by atoms with Crippen molar-refractivity contribution in [1.82, 2.24) is 0 Å². The minimum atomic E-state index is -0.186. The molecule has 1 aromatic rings. The number of hydrogen-bond acceptors (Lipinski definition) is 1. The molecule has 0 aliphatic heterocycles. The monoisotopic (exact) mass is 213 g/mol. The minimum absolute atomic E-state index is 0.186. The third kappa shape index (κ3) is 1.53. The molecule has 2 atom stereocenters. The molecule has 0 N–H and O–H groups in total. The van der Waals surface area contributed by atoms with Crippen molar-refractivity contribution in [3.05, 3.63) is 34.9 Å². The standard InChI is InChI=1S/C15H19N/c1-10(2)13-6-5-11(3)14(7-13)15(9-16)8-12(15)4/h5-7,10,12H,8H2,1-4H3. The van der Waals surface area contributed by atoms with Gasteiger partial charge in [0.1, 0.15) is 0 Å². The normalized spacial score (nSPS) is 27.9. The van der Waals surface area contributed by atoms with E-state index in [1.807, 2.05) is 0 Å². The van der Waals surface area contributed by atoms with E-state index >= 15 is 0 Å². The van der Waals surface area contributed by atoms with Crippen LogP contribution in [0.1, 0.15) is 49.8 Å². The van der Waals surface area contributed by atoms with Gasteiger partial charge in [0.25, 0.3) is 0 Å². The SMILES string of the molecule is Cc1ccc(C(C)C)cc1C1(C#N)CC1C. The number of rotatable bonds is 2. The number of aryl methyl sites for hydroxylation is 1. The highest BCUT2D eigenvalue weighted by atomic mass is 14.6. The number of hydrogen-bond donors (Lipinski definition) is 0. The van der Waals surface area contributed by atoms with Crippen LogP contribution in [-0.4, -0.2) is 0 Å². The Morgan fingerprint density at radius 2 is 2.06 bits per heavy atom. The summed E-state index contributed by atoms with van der Waals surface area (Å²) in [5.74, 6) is 1.04. The van der Waals surface area contributed by atoms with Crippen molar-refractivity contribution in [2.45, 2.75) is 45.4 Å². The fourth-order valence-electron chi connectivity index (χ4n) is 2.49. The highest BCUT2D eigenvalue weighted by molar-refractivity contribution is 5.47. The van der Waals surface area contributed by atoms with E-state index in [0.29, 0.717) is 11.8 Å². The lowest BCUT2D eigenvalue weighted by atomic mass is 9.87. The summed E-state index contributed by atoms with van der Waals surface area (Å²) in [4.78, 5) is 0. The molecule has 1 aromatic carbocycles. The molecular formula is C15H19N. The molecule has 1 fully saturated rings. The Kier molecular flexibility index (Phi) is 2.54. The predicted molar refractivity (Wildman–Crippen MR) is 66.3 cm³/mol. The number of nitriles is 1. The van der Waals surface area contributed by atoms with Gasteiger partial charge in [-0.25, -0.2) is 0 Å². The van der Waals surface area contributed by atoms with Crippen LogP contribution in [0.4, 0.5) is 0 Å². The largest absolute Gasteiger partial charge is 0.197 e. The zero-order valence-corrected chi connectivity index (χ0v) is 10.5. The second-order valence-corrected chi connectivity index (χ2v) is 5.42. The van der Waals surface area contributed by atoms with Crippen LogP contribution in [0.3, 0.4) is 0 Å². The summed E-state index contributed by atoms with van der Waals surface area (Å²) < 4.78 is 0. The quantitative estimate of drug-likeness (QED) is 0.730. The van der Waals surface area contributed by atoms with Gasteiger partial charge < -0.3 is 0 Å². The molecule has 1 aliphatic rings. The summed E-state index contributed by atoms with van der Waals surface area (Å²) >= 11 is 0. The third-order valence-corrected chi connectivity index (χ3v) is 3.92. The van der Waals surface area contributed by atoms with Crippen molar-refractivity contribution < 1.29 is 0 Å². The average Bonchev–Trinajstić information content (AvgIpc) is 2.91. The Labute approximate surface area is 98.1 Å². The maximum Gasteiger partial charge on any atom is 0.0854 e. The first-order valence-electron chi connectivity index (χ1n) is 6.03. The van der Waals surface area contributed by atoms with Crippen molar-refractivity contribution in [2.24, 2.45) is 5.92 Å². The van der Waals surface area contributed by atoms with E-state index in [-0.39, 0.29) is 5.41 Å². The Bertz CT molecular complexity index is 453. The van der Waals surface area contributed by atoms with Crippen molar-refractivity contribution >= 4 is 0 Å². The van der Waals surface area contributed by atoms with Gasteiger partial charge in [0.15, 0.2) is 0 Å². The lowest BCUT2D eigenvalue weighted by Crippen LogP contribution is -2.09. The Hall–Kier alpha value is -1.29. The molecule has 1 saturated carbocycles. The van der Waals surface area contributed by atoms with Crippen LogP contribution in [0.2, 0.25) is 0 Å². The van der Waals surface area contributed by atoms with E-state index < -0.39 is 0 Å². The van der Waals surface area contributed by atoms with Crippen LogP contribution in [-0.2, 0) is 5.41 Å². The van der Waals surface area contributed by atoms with Gasteiger partial charge in [0, 0.05) is 0 Å². The molecule has 0 amide bonds. The van der Waals surface area contributed by atoms with E-state index in [1.165, 1.54) is 16.7 Å². The summed E-state index contributed by atoms with van der Waals surface area (Å²) in [5, 5.41) is 9.38. The van der Waals surface area contributed by atoms with E-state index in [2.05, 4.69) is 52.0 Å². The average molecular weight is 213 g/mol.